The van der Waals surface area contributed by atoms with Crippen LogP contribution in [0.15, 0.2) is 22.7 Å². The lowest BCUT2D eigenvalue weighted by molar-refractivity contribution is -0.116. The van der Waals surface area contributed by atoms with Gasteiger partial charge in [-0.05, 0) is 35.0 Å². The van der Waals surface area contributed by atoms with Gasteiger partial charge in [0.15, 0.2) is 0 Å². The average molecular weight is 274 g/mol. The van der Waals surface area contributed by atoms with Gasteiger partial charge in [0.05, 0.1) is 16.6 Å². The fraction of sp³-hybridized carbons (Fsp3) is 0.200. The van der Waals surface area contributed by atoms with Crippen LogP contribution in [0.3, 0.4) is 0 Å². The molecule has 0 bridgehead atoms. The quantitative estimate of drug-likeness (QED) is 0.915. The van der Waals surface area contributed by atoms with E-state index < -0.39 is 11.7 Å². The van der Waals surface area contributed by atoms with E-state index >= 15 is 0 Å². The zero-order valence-corrected chi connectivity index (χ0v) is 9.60. The predicted molar refractivity (Wildman–Crippen MR) is 57.1 cm³/mol. The van der Waals surface area contributed by atoms with Crippen molar-refractivity contribution >= 4 is 27.6 Å². The molecule has 1 aromatic rings. The van der Waals surface area contributed by atoms with E-state index in [1.807, 2.05) is 0 Å². The van der Waals surface area contributed by atoms with E-state index in [0.29, 0.717) is 0 Å². The van der Waals surface area contributed by atoms with Crippen LogP contribution in [-0.2, 0) is 4.79 Å². The molecule has 0 aliphatic heterocycles. The SMILES string of the molecule is CC(=O)CNC(=O)c1cccc(F)c1Br. The number of carbonyl (C=O) groups excluding carboxylic acids is 2. The maximum absolute atomic E-state index is 13.0. The number of Topliss-reactive ketones (excluding diaryl/α,β-unsaturated/α-hetero) is 1. The molecule has 5 heteroatoms. The first kappa shape index (κ1) is 11.8. The van der Waals surface area contributed by atoms with E-state index in [0.717, 1.165) is 0 Å². The van der Waals surface area contributed by atoms with Gasteiger partial charge >= 0.3 is 0 Å². The Balaban J connectivity index is 2.82. The minimum Gasteiger partial charge on any atom is -0.345 e. The normalized spacial score (nSPS) is 9.80. The lowest BCUT2D eigenvalue weighted by Crippen LogP contribution is -2.28. The van der Waals surface area contributed by atoms with Gasteiger partial charge in [0.2, 0.25) is 0 Å². The van der Waals surface area contributed by atoms with E-state index in [-0.39, 0.29) is 22.4 Å². The van der Waals surface area contributed by atoms with Crippen LogP contribution in [0.5, 0.6) is 0 Å². The molecule has 0 aromatic heterocycles. The first-order chi connectivity index (χ1) is 7.02. The van der Waals surface area contributed by atoms with Gasteiger partial charge in [0.1, 0.15) is 11.6 Å². The van der Waals surface area contributed by atoms with Gasteiger partial charge in [0.25, 0.3) is 5.91 Å². The summed E-state index contributed by atoms with van der Waals surface area (Å²) < 4.78 is 13.1. The standard InChI is InChI=1S/C10H9BrFNO2/c1-6(14)5-13-10(15)7-3-2-4-8(12)9(7)11/h2-4H,5H2,1H3,(H,13,15). The molecule has 0 heterocycles. The van der Waals surface area contributed by atoms with Crippen molar-refractivity contribution in [3.63, 3.8) is 0 Å². The molecule has 0 aliphatic carbocycles. The molecule has 0 atom stereocenters. The van der Waals surface area contributed by atoms with Gasteiger partial charge in [-0.25, -0.2) is 4.39 Å². The first-order valence-electron chi connectivity index (χ1n) is 4.24. The molecule has 80 valence electrons. The largest absolute Gasteiger partial charge is 0.345 e. The highest BCUT2D eigenvalue weighted by molar-refractivity contribution is 9.10. The highest BCUT2D eigenvalue weighted by Crippen LogP contribution is 2.19. The summed E-state index contributed by atoms with van der Waals surface area (Å²) in [6, 6.07) is 4.15. The maximum atomic E-state index is 13.0. The fourth-order valence-corrected chi connectivity index (χ4v) is 1.42. The summed E-state index contributed by atoms with van der Waals surface area (Å²) >= 11 is 2.97. The molecule has 1 N–H and O–H groups in total. The molecular formula is C10H9BrFNO2. The molecule has 0 saturated heterocycles. The highest BCUT2D eigenvalue weighted by Gasteiger charge is 2.12. The van der Waals surface area contributed by atoms with Crippen LogP contribution in [-0.4, -0.2) is 18.2 Å². The molecule has 1 amide bonds. The summed E-state index contributed by atoms with van der Waals surface area (Å²) in [6.07, 6.45) is 0. The van der Waals surface area contributed by atoms with Crippen molar-refractivity contribution in [2.24, 2.45) is 0 Å². The van der Waals surface area contributed by atoms with Crippen LogP contribution >= 0.6 is 15.9 Å². The van der Waals surface area contributed by atoms with Crippen LogP contribution in [0.25, 0.3) is 0 Å². The van der Waals surface area contributed by atoms with Gasteiger partial charge in [-0.2, -0.15) is 0 Å². The van der Waals surface area contributed by atoms with E-state index in [1.54, 1.807) is 0 Å². The third kappa shape index (κ3) is 3.13. The van der Waals surface area contributed by atoms with Crippen molar-refractivity contribution in [1.29, 1.82) is 0 Å². The number of hydrogen-bond donors (Lipinski definition) is 1. The predicted octanol–water partition coefficient (Wildman–Crippen LogP) is 1.91. The van der Waals surface area contributed by atoms with Crippen LogP contribution < -0.4 is 5.32 Å². The number of rotatable bonds is 3. The number of carbonyl (C=O) groups is 2. The third-order valence-electron chi connectivity index (χ3n) is 1.69. The van der Waals surface area contributed by atoms with E-state index in [4.69, 9.17) is 0 Å². The van der Waals surface area contributed by atoms with Crippen molar-refractivity contribution in [3.05, 3.63) is 34.1 Å². The Morgan fingerprint density at radius 2 is 2.13 bits per heavy atom. The van der Waals surface area contributed by atoms with Crippen LogP contribution in [0.1, 0.15) is 17.3 Å². The first-order valence-corrected chi connectivity index (χ1v) is 5.03. The molecule has 0 unspecified atom stereocenters. The van der Waals surface area contributed by atoms with Gasteiger partial charge in [-0.3, -0.25) is 9.59 Å². The Morgan fingerprint density at radius 3 is 2.73 bits per heavy atom. The van der Waals surface area contributed by atoms with Gasteiger partial charge in [-0.15, -0.1) is 0 Å². The molecule has 3 nitrogen and oxygen atoms in total. The Hall–Kier alpha value is -1.23. The number of nitrogens with one attached hydrogen (secondary N) is 1. The monoisotopic (exact) mass is 273 g/mol. The Morgan fingerprint density at radius 1 is 1.47 bits per heavy atom. The molecule has 0 spiro atoms. The maximum Gasteiger partial charge on any atom is 0.252 e. The lowest BCUT2D eigenvalue weighted by Gasteiger charge is -2.05. The average Bonchev–Trinajstić information content (AvgIpc) is 2.18. The zero-order chi connectivity index (χ0) is 11.4. The topological polar surface area (TPSA) is 46.2 Å². The van der Waals surface area contributed by atoms with Crippen molar-refractivity contribution in [1.82, 2.24) is 5.32 Å². The molecule has 1 aromatic carbocycles. The summed E-state index contributed by atoms with van der Waals surface area (Å²) in [7, 11) is 0. The number of amides is 1. The molecule has 0 radical (unpaired) electrons. The molecule has 0 aliphatic rings. The summed E-state index contributed by atoms with van der Waals surface area (Å²) in [5.41, 5.74) is 0.177. The summed E-state index contributed by atoms with van der Waals surface area (Å²) in [6.45, 7) is 1.31. The minimum absolute atomic E-state index is 0.0538. The summed E-state index contributed by atoms with van der Waals surface area (Å²) in [5.74, 6) is -1.14. The molecule has 0 fully saturated rings. The van der Waals surface area contributed by atoms with Crippen molar-refractivity contribution in [2.45, 2.75) is 6.92 Å². The van der Waals surface area contributed by atoms with Crippen LogP contribution in [0.2, 0.25) is 0 Å². The van der Waals surface area contributed by atoms with E-state index in [2.05, 4.69) is 21.2 Å². The number of benzene rings is 1. The van der Waals surface area contributed by atoms with E-state index in [1.165, 1.54) is 25.1 Å². The van der Waals surface area contributed by atoms with Crippen LogP contribution in [0, 0.1) is 5.82 Å². The smallest absolute Gasteiger partial charge is 0.252 e. The van der Waals surface area contributed by atoms with E-state index in [9.17, 15) is 14.0 Å². The summed E-state index contributed by atoms with van der Waals surface area (Å²) in [5, 5.41) is 2.38. The number of halogens is 2. The number of hydrogen-bond acceptors (Lipinski definition) is 2. The minimum atomic E-state index is -0.509. The third-order valence-corrected chi connectivity index (χ3v) is 2.50. The van der Waals surface area contributed by atoms with Gasteiger partial charge < -0.3 is 5.32 Å². The second-order valence-electron chi connectivity index (χ2n) is 2.99. The fourth-order valence-electron chi connectivity index (χ4n) is 0.979. The Labute approximate surface area is 94.8 Å². The second kappa shape index (κ2) is 5.02. The lowest BCUT2D eigenvalue weighted by atomic mass is 10.2. The molecular weight excluding hydrogens is 265 g/mol. The summed E-state index contributed by atoms with van der Waals surface area (Å²) in [4.78, 5) is 22.1. The molecule has 0 saturated carbocycles. The Kier molecular flexibility index (Phi) is 3.96. The Bertz CT molecular complexity index is 406. The van der Waals surface area contributed by atoms with Crippen molar-refractivity contribution in [3.8, 4) is 0 Å². The van der Waals surface area contributed by atoms with Gasteiger partial charge in [-0.1, -0.05) is 6.07 Å². The van der Waals surface area contributed by atoms with Crippen LogP contribution in [0.4, 0.5) is 4.39 Å². The van der Waals surface area contributed by atoms with Gasteiger partial charge in [0, 0.05) is 0 Å². The zero-order valence-electron chi connectivity index (χ0n) is 8.01. The molecule has 15 heavy (non-hydrogen) atoms. The van der Waals surface area contributed by atoms with Crippen molar-refractivity contribution in [2.75, 3.05) is 6.54 Å². The highest BCUT2D eigenvalue weighted by atomic mass is 79.9. The van der Waals surface area contributed by atoms with Crippen molar-refractivity contribution < 1.29 is 14.0 Å². The number of ketones is 1. The second-order valence-corrected chi connectivity index (χ2v) is 3.78. The molecule has 1 rings (SSSR count).